The van der Waals surface area contributed by atoms with E-state index in [1.807, 2.05) is 6.92 Å². The minimum absolute atomic E-state index is 0.201. The van der Waals surface area contributed by atoms with E-state index in [0.29, 0.717) is 19.5 Å². The van der Waals surface area contributed by atoms with Crippen LogP contribution in [0.2, 0.25) is 0 Å². The molecule has 0 radical (unpaired) electrons. The van der Waals surface area contributed by atoms with Crippen LogP contribution < -0.4 is 4.72 Å². The number of nitrogens with zero attached hydrogens (tertiary/aromatic N) is 2. The Balaban J connectivity index is 2.29. The van der Waals surface area contributed by atoms with Gasteiger partial charge in [0.1, 0.15) is 0 Å². The van der Waals surface area contributed by atoms with Gasteiger partial charge >= 0.3 is 0 Å². The standard InChI is InChI=1S/C9H16BrN3O2S/c1-2-3-6-16(14,15)12-4-5-13-8-9(10)7-11-13/h7-8,12H,2-6H2,1H3. The Bertz CT molecular complexity index is 416. The van der Waals surface area contributed by atoms with Crippen molar-refractivity contribution in [2.75, 3.05) is 12.3 Å². The van der Waals surface area contributed by atoms with E-state index in [-0.39, 0.29) is 5.75 Å². The lowest BCUT2D eigenvalue weighted by Crippen LogP contribution is -2.29. The number of aromatic nitrogens is 2. The number of hydrogen-bond acceptors (Lipinski definition) is 3. The molecule has 1 aromatic heterocycles. The fourth-order valence-electron chi connectivity index (χ4n) is 1.18. The van der Waals surface area contributed by atoms with Gasteiger partial charge in [-0.3, -0.25) is 4.68 Å². The molecule has 0 aliphatic heterocycles. The lowest BCUT2D eigenvalue weighted by molar-refractivity contribution is 0.558. The van der Waals surface area contributed by atoms with Gasteiger partial charge in [-0.05, 0) is 22.4 Å². The van der Waals surface area contributed by atoms with Crippen LogP contribution in [-0.4, -0.2) is 30.5 Å². The molecule has 0 aliphatic carbocycles. The van der Waals surface area contributed by atoms with Gasteiger partial charge in [0, 0.05) is 12.7 Å². The third-order valence-corrected chi connectivity index (χ3v) is 3.91. The van der Waals surface area contributed by atoms with Crippen molar-refractivity contribution in [3.8, 4) is 0 Å². The average molecular weight is 310 g/mol. The van der Waals surface area contributed by atoms with Gasteiger partial charge in [0.25, 0.3) is 0 Å². The molecular formula is C9H16BrN3O2S. The lowest BCUT2D eigenvalue weighted by Gasteiger charge is -2.05. The number of nitrogens with one attached hydrogen (secondary N) is 1. The number of sulfonamides is 1. The van der Waals surface area contributed by atoms with Crippen LogP contribution in [0.5, 0.6) is 0 Å². The van der Waals surface area contributed by atoms with E-state index in [9.17, 15) is 8.42 Å². The normalized spacial score (nSPS) is 11.9. The minimum Gasteiger partial charge on any atom is -0.270 e. The molecule has 0 fully saturated rings. The van der Waals surface area contributed by atoms with Crippen LogP contribution in [-0.2, 0) is 16.6 Å². The van der Waals surface area contributed by atoms with Crippen LogP contribution in [0.1, 0.15) is 19.8 Å². The van der Waals surface area contributed by atoms with Crippen LogP contribution >= 0.6 is 15.9 Å². The fourth-order valence-corrected chi connectivity index (χ4v) is 2.73. The Morgan fingerprint density at radius 2 is 2.31 bits per heavy atom. The molecule has 0 aromatic carbocycles. The SMILES string of the molecule is CCCCS(=O)(=O)NCCn1cc(Br)cn1. The first-order chi connectivity index (χ1) is 7.53. The molecule has 0 amide bonds. The highest BCUT2D eigenvalue weighted by Gasteiger charge is 2.08. The van der Waals surface area contributed by atoms with Crippen molar-refractivity contribution in [2.24, 2.45) is 0 Å². The van der Waals surface area contributed by atoms with Gasteiger partial charge in [0.2, 0.25) is 10.0 Å². The summed E-state index contributed by atoms with van der Waals surface area (Å²) in [6.45, 7) is 2.88. The fraction of sp³-hybridized carbons (Fsp3) is 0.667. The van der Waals surface area contributed by atoms with Gasteiger partial charge in [-0.2, -0.15) is 5.10 Å². The van der Waals surface area contributed by atoms with Crippen LogP contribution in [0.4, 0.5) is 0 Å². The van der Waals surface area contributed by atoms with E-state index < -0.39 is 10.0 Å². The number of halogens is 1. The third kappa shape index (κ3) is 5.09. The number of unbranched alkanes of at least 4 members (excludes halogenated alkanes) is 1. The van der Waals surface area contributed by atoms with Gasteiger partial charge in [-0.1, -0.05) is 13.3 Å². The predicted molar refractivity (Wildman–Crippen MR) is 66.6 cm³/mol. The maximum absolute atomic E-state index is 11.4. The van der Waals surface area contributed by atoms with Crippen molar-refractivity contribution in [1.82, 2.24) is 14.5 Å². The van der Waals surface area contributed by atoms with E-state index in [0.717, 1.165) is 10.9 Å². The molecule has 16 heavy (non-hydrogen) atoms. The van der Waals surface area contributed by atoms with Gasteiger partial charge in [0.05, 0.1) is 23.0 Å². The molecule has 1 rings (SSSR count). The maximum Gasteiger partial charge on any atom is 0.211 e. The molecule has 0 bridgehead atoms. The summed E-state index contributed by atoms with van der Waals surface area (Å²) < 4.78 is 28.0. The summed E-state index contributed by atoms with van der Waals surface area (Å²) in [5.74, 6) is 0.201. The van der Waals surface area contributed by atoms with E-state index in [1.54, 1.807) is 17.1 Å². The molecule has 92 valence electrons. The molecule has 7 heteroatoms. The Morgan fingerprint density at radius 3 is 2.88 bits per heavy atom. The minimum atomic E-state index is -3.11. The second-order valence-electron chi connectivity index (χ2n) is 3.49. The topological polar surface area (TPSA) is 64.0 Å². The van der Waals surface area contributed by atoms with E-state index in [2.05, 4.69) is 25.8 Å². The van der Waals surface area contributed by atoms with Gasteiger partial charge in [0.15, 0.2) is 0 Å². The summed E-state index contributed by atoms with van der Waals surface area (Å²) in [6, 6.07) is 0. The summed E-state index contributed by atoms with van der Waals surface area (Å²) in [5.41, 5.74) is 0. The van der Waals surface area contributed by atoms with Gasteiger partial charge in [-0.15, -0.1) is 0 Å². The van der Waals surface area contributed by atoms with E-state index in [1.165, 1.54) is 0 Å². The number of hydrogen-bond donors (Lipinski definition) is 1. The van der Waals surface area contributed by atoms with Crippen LogP contribution in [0, 0.1) is 0 Å². The Kier molecular flexibility index (Phi) is 5.43. The summed E-state index contributed by atoms with van der Waals surface area (Å²) in [4.78, 5) is 0. The molecule has 0 saturated carbocycles. The zero-order valence-electron chi connectivity index (χ0n) is 9.19. The predicted octanol–water partition coefficient (Wildman–Crippen LogP) is 1.37. The Hall–Kier alpha value is -0.400. The van der Waals surface area contributed by atoms with Crippen molar-refractivity contribution < 1.29 is 8.42 Å². The molecule has 0 spiro atoms. The van der Waals surface area contributed by atoms with Gasteiger partial charge in [-0.25, -0.2) is 13.1 Å². The Morgan fingerprint density at radius 1 is 1.56 bits per heavy atom. The van der Waals surface area contributed by atoms with Crippen molar-refractivity contribution >= 4 is 26.0 Å². The van der Waals surface area contributed by atoms with Crippen molar-refractivity contribution in [2.45, 2.75) is 26.3 Å². The van der Waals surface area contributed by atoms with Crippen LogP contribution in [0.25, 0.3) is 0 Å². The Labute approximate surface area is 104 Å². The summed E-state index contributed by atoms with van der Waals surface area (Å²) in [6.07, 6.45) is 5.06. The quantitative estimate of drug-likeness (QED) is 0.827. The molecular weight excluding hydrogens is 294 g/mol. The first-order valence-electron chi connectivity index (χ1n) is 5.19. The highest BCUT2D eigenvalue weighted by Crippen LogP contribution is 2.05. The first kappa shape index (κ1) is 13.7. The first-order valence-corrected chi connectivity index (χ1v) is 7.63. The molecule has 0 saturated heterocycles. The monoisotopic (exact) mass is 309 g/mol. The molecule has 0 atom stereocenters. The van der Waals surface area contributed by atoms with E-state index >= 15 is 0 Å². The van der Waals surface area contributed by atoms with Crippen LogP contribution in [0.3, 0.4) is 0 Å². The highest BCUT2D eigenvalue weighted by molar-refractivity contribution is 9.10. The second kappa shape index (κ2) is 6.36. The molecule has 5 nitrogen and oxygen atoms in total. The summed E-state index contributed by atoms with van der Waals surface area (Å²) in [7, 11) is -3.11. The zero-order valence-corrected chi connectivity index (χ0v) is 11.6. The third-order valence-electron chi connectivity index (χ3n) is 2.03. The van der Waals surface area contributed by atoms with Gasteiger partial charge < -0.3 is 0 Å². The molecule has 0 aliphatic rings. The van der Waals surface area contributed by atoms with Crippen molar-refractivity contribution in [3.05, 3.63) is 16.9 Å². The lowest BCUT2D eigenvalue weighted by atomic mass is 10.4. The second-order valence-corrected chi connectivity index (χ2v) is 6.33. The number of rotatable bonds is 7. The van der Waals surface area contributed by atoms with Crippen molar-refractivity contribution in [1.29, 1.82) is 0 Å². The zero-order chi connectivity index (χ0) is 12.0. The summed E-state index contributed by atoms with van der Waals surface area (Å²) in [5, 5.41) is 4.03. The molecule has 1 heterocycles. The maximum atomic E-state index is 11.4. The molecule has 1 aromatic rings. The largest absolute Gasteiger partial charge is 0.270 e. The van der Waals surface area contributed by atoms with Crippen molar-refractivity contribution in [3.63, 3.8) is 0 Å². The van der Waals surface area contributed by atoms with E-state index in [4.69, 9.17) is 0 Å². The molecule has 1 N–H and O–H groups in total. The smallest absolute Gasteiger partial charge is 0.211 e. The summed E-state index contributed by atoms with van der Waals surface area (Å²) >= 11 is 3.28. The average Bonchev–Trinajstić information content (AvgIpc) is 2.61. The molecule has 0 unspecified atom stereocenters. The highest BCUT2D eigenvalue weighted by atomic mass is 79.9. The van der Waals surface area contributed by atoms with Crippen LogP contribution in [0.15, 0.2) is 16.9 Å².